The molecule has 0 saturated carbocycles. The van der Waals surface area contributed by atoms with Crippen LogP contribution in [0.15, 0.2) is 10.9 Å². The van der Waals surface area contributed by atoms with E-state index in [1.807, 2.05) is 5.51 Å². The third kappa shape index (κ3) is 4.92. The fraction of sp³-hybridized carbons (Fsp3) is 0.750. The first-order valence-electron chi connectivity index (χ1n) is 6.18. The summed E-state index contributed by atoms with van der Waals surface area (Å²) >= 11 is 1.67. The number of hydrogen-bond donors (Lipinski definition) is 1. The molecular weight excluding hydrogens is 254 g/mol. The van der Waals surface area contributed by atoms with Gasteiger partial charge in [0.05, 0.1) is 11.2 Å². The van der Waals surface area contributed by atoms with E-state index >= 15 is 0 Å². The molecule has 2 rings (SSSR count). The number of thiazole rings is 1. The topological polar surface area (TPSA) is 28.2 Å². The van der Waals surface area contributed by atoms with E-state index in [9.17, 15) is 0 Å². The second kappa shape index (κ2) is 8.03. The van der Waals surface area contributed by atoms with Gasteiger partial charge in [0, 0.05) is 18.5 Å². The van der Waals surface area contributed by atoms with E-state index in [-0.39, 0.29) is 12.4 Å². The maximum Gasteiger partial charge on any atom is 0.0795 e. The number of halogens is 1. The quantitative estimate of drug-likeness (QED) is 0.864. The van der Waals surface area contributed by atoms with Crippen LogP contribution in [-0.4, -0.2) is 36.1 Å². The average molecular weight is 276 g/mol. The van der Waals surface area contributed by atoms with Crippen molar-refractivity contribution in [2.75, 3.05) is 26.2 Å². The smallest absolute Gasteiger partial charge is 0.0795 e. The molecule has 17 heavy (non-hydrogen) atoms. The molecular formula is C12H22ClN3S. The number of hydrogen-bond acceptors (Lipinski definition) is 4. The number of aromatic nitrogens is 1. The van der Waals surface area contributed by atoms with Crippen molar-refractivity contribution in [1.29, 1.82) is 0 Å². The predicted octanol–water partition coefficient (Wildman–Crippen LogP) is 2.39. The monoisotopic (exact) mass is 275 g/mol. The van der Waals surface area contributed by atoms with E-state index < -0.39 is 0 Å². The van der Waals surface area contributed by atoms with Crippen LogP contribution in [0.25, 0.3) is 0 Å². The highest BCUT2D eigenvalue weighted by molar-refractivity contribution is 7.07. The Morgan fingerprint density at radius 2 is 2.47 bits per heavy atom. The van der Waals surface area contributed by atoms with Crippen molar-refractivity contribution in [2.24, 2.45) is 5.92 Å². The summed E-state index contributed by atoms with van der Waals surface area (Å²) < 4.78 is 0. The van der Waals surface area contributed by atoms with Crippen LogP contribution < -0.4 is 5.32 Å². The fourth-order valence-corrected chi connectivity index (χ4v) is 2.89. The minimum atomic E-state index is 0. The molecule has 0 bridgehead atoms. The first-order valence-corrected chi connectivity index (χ1v) is 7.13. The van der Waals surface area contributed by atoms with Gasteiger partial charge in [0.25, 0.3) is 0 Å². The van der Waals surface area contributed by atoms with Gasteiger partial charge >= 0.3 is 0 Å². The Morgan fingerprint density at radius 3 is 3.18 bits per heavy atom. The first kappa shape index (κ1) is 14.9. The Morgan fingerprint density at radius 1 is 1.59 bits per heavy atom. The number of nitrogens with zero attached hydrogens (tertiary/aromatic N) is 2. The van der Waals surface area contributed by atoms with Crippen LogP contribution in [0.5, 0.6) is 0 Å². The molecule has 2 heterocycles. The Labute approximate surface area is 114 Å². The van der Waals surface area contributed by atoms with Gasteiger partial charge in [-0.05, 0) is 38.4 Å². The maximum absolute atomic E-state index is 4.27. The van der Waals surface area contributed by atoms with Gasteiger partial charge in [-0.1, -0.05) is 6.92 Å². The third-order valence-corrected chi connectivity index (χ3v) is 3.77. The lowest BCUT2D eigenvalue weighted by molar-refractivity contribution is 0.322. The molecule has 0 radical (unpaired) electrons. The summed E-state index contributed by atoms with van der Waals surface area (Å²) in [5.41, 5.74) is 3.07. The average Bonchev–Trinajstić information content (AvgIpc) is 2.90. The van der Waals surface area contributed by atoms with Crippen molar-refractivity contribution in [1.82, 2.24) is 15.2 Å². The van der Waals surface area contributed by atoms with Gasteiger partial charge in [-0.15, -0.1) is 23.7 Å². The maximum atomic E-state index is 4.27. The molecule has 1 aromatic rings. The van der Waals surface area contributed by atoms with Gasteiger partial charge in [-0.2, -0.15) is 0 Å². The molecule has 1 N–H and O–H groups in total. The summed E-state index contributed by atoms with van der Waals surface area (Å²) in [6.45, 7) is 8.15. The molecule has 98 valence electrons. The lowest BCUT2D eigenvalue weighted by atomic mass is 10.1. The highest BCUT2D eigenvalue weighted by Crippen LogP contribution is 2.15. The molecule has 1 saturated heterocycles. The summed E-state index contributed by atoms with van der Waals surface area (Å²) in [6.07, 6.45) is 2.63. The van der Waals surface area contributed by atoms with Crippen LogP contribution >= 0.6 is 23.7 Å². The van der Waals surface area contributed by atoms with E-state index in [1.54, 1.807) is 11.3 Å². The zero-order valence-electron chi connectivity index (χ0n) is 10.4. The summed E-state index contributed by atoms with van der Waals surface area (Å²) in [7, 11) is 0. The molecule has 3 nitrogen and oxygen atoms in total. The van der Waals surface area contributed by atoms with E-state index in [0.29, 0.717) is 0 Å². The van der Waals surface area contributed by atoms with Gasteiger partial charge in [-0.25, -0.2) is 4.98 Å². The Hall–Kier alpha value is -0.160. The normalized spacial score (nSPS) is 20.4. The van der Waals surface area contributed by atoms with Crippen molar-refractivity contribution >= 4 is 23.7 Å². The van der Waals surface area contributed by atoms with Crippen LogP contribution in [0, 0.1) is 5.92 Å². The predicted molar refractivity (Wildman–Crippen MR) is 75.9 cm³/mol. The largest absolute Gasteiger partial charge is 0.311 e. The van der Waals surface area contributed by atoms with Crippen molar-refractivity contribution in [3.8, 4) is 0 Å². The summed E-state index contributed by atoms with van der Waals surface area (Å²) in [4.78, 5) is 6.85. The highest BCUT2D eigenvalue weighted by atomic mass is 35.5. The summed E-state index contributed by atoms with van der Waals surface area (Å²) in [5, 5.41) is 5.63. The number of nitrogens with one attached hydrogen (secondary N) is 1. The summed E-state index contributed by atoms with van der Waals surface area (Å²) in [6, 6.07) is 0. The summed E-state index contributed by atoms with van der Waals surface area (Å²) in [5.74, 6) is 0.838. The second-order valence-corrected chi connectivity index (χ2v) is 5.28. The molecule has 0 aliphatic carbocycles. The van der Waals surface area contributed by atoms with Gasteiger partial charge in [0.15, 0.2) is 0 Å². The zero-order chi connectivity index (χ0) is 11.2. The zero-order valence-corrected chi connectivity index (χ0v) is 12.0. The van der Waals surface area contributed by atoms with Crippen molar-refractivity contribution in [3.05, 3.63) is 16.6 Å². The molecule has 1 atom stereocenters. The van der Waals surface area contributed by atoms with Gasteiger partial charge in [-0.3, -0.25) is 0 Å². The fourth-order valence-electron chi connectivity index (χ4n) is 2.33. The molecule has 1 aliphatic rings. The Balaban J connectivity index is 0.00000144. The molecule has 1 unspecified atom stereocenters. The van der Waals surface area contributed by atoms with E-state index in [2.05, 4.69) is 27.5 Å². The molecule has 1 fully saturated rings. The van der Waals surface area contributed by atoms with Crippen LogP contribution in [0.1, 0.15) is 25.5 Å². The van der Waals surface area contributed by atoms with Gasteiger partial charge in [0.2, 0.25) is 0 Å². The highest BCUT2D eigenvalue weighted by Gasteiger charge is 2.20. The van der Waals surface area contributed by atoms with Crippen LogP contribution in [0.2, 0.25) is 0 Å². The van der Waals surface area contributed by atoms with E-state index in [4.69, 9.17) is 0 Å². The minimum absolute atomic E-state index is 0. The number of likely N-dealkylation sites (tertiary alicyclic amines) is 1. The van der Waals surface area contributed by atoms with E-state index in [1.165, 1.54) is 38.2 Å². The molecule has 5 heteroatoms. The Kier molecular flexibility index (Phi) is 7.04. The van der Waals surface area contributed by atoms with Gasteiger partial charge < -0.3 is 10.2 Å². The second-order valence-electron chi connectivity index (χ2n) is 4.57. The lowest BCUT2D eigenvalue weighted by Gasteiger charge is -2.14. The van der Waals surface area contributed by atoms with Crippen LogP contribution in [0.3, 0.4) is 0 Å². The van der Waals surface area contributed by atoms with Gasteiger partial charge in [0.1, 0.15) is 0 Å². The molecule has 0 spiro atoms. The SMILES string of the molecule is CCCN1CCC(CNCc2cscn2)C1.Cl. The first-order chi connectivity index (χ1) is 7.88. The lowest BCUT2D eigenvalue weighted by Crippen LogP contribution is -2.26. The van der Waals surface area contributed by atoms with Crippen molar-refractivity contribution < 1.29 is 0 Å². The van der Waals surface area contributed by atoms with Crippen LogP contribution in [0.4, 0.5) is 0 Å². The van der Waals surface area contributed by atoms with Crippen molar-refractivity contribution in [2.45, 2.75) is 26.3 Å². The Bertz CT molecular complexity index is 292. The third-order valence-electron chi connectivity index (χ3n) is 3.13. The molecule has 0 amide bonds. The van der Waals surface area contributed by atoms with E-state index in [0.717, 1.165) is 19.0 Å². The molecule has 0 aromatic carbocycles. The van der Waals surface area contributed by atoms with Crippen LogP contribution in [-0.2, 0) is 6.54 Å². The molecule has 1 aliphatic heterocycles. The van der Waals surface area contributed by atoms with Crippen molar-refractivity contribution in [3.63, 3.8) is 0 Å². The number of rotatable bonds is 6. The standard InChI is InChI=1S/C12H21N3S.ClH/c1-2-4-15-5-3-11(8-15)6-13-7-12-9-16-10-14-12;/h9-11,13H,2-8H2,1H3;1H. The minimum Gasteiger partial charge on any atom is -0.311 e. The molecule has 1 aromatic heterocycles.